The molecule has 0 saturated carbocycles. The van der Waals surface area contributed by atoms with Crippen molar-refractivity contribution in [2.75, 3.05) is 12.1 Å². The highest BCUT2D eigenvalue weighted by Gasteiger charge is 2.38. The van der Waals surface area contributed by atoms with Gasteiger partial charge < -0.3 is 5.73 Å². The number of nitrogens with two attached hydrogens (primary N) is 1. The first-order valence-corrected chi connectivity index (χ1v) is 22.3. The molecule has 3 aliphatic rings. The summed E-state index contributed by atoms with van der Waals surface area (Å²) < 4.78 is 2.56. The lowest BCUT2D eigenvalue weighted by molar-refractivity contribution is 0.348. The Morgan fingerprint density at radius 3 is 2.37 bits per heavy atom. The Morgan fingerprint density at radius 1 is 0.857 bits per heavy atom. The summed E-state index contributed by atoms with van der Waals surface area (Å²) in [7, 11) is 1.95. The number of nitrogens with zero attached hydrogens (tertiary/aromatic N) is 4. The number of hydrogen-bond donors (Lipinski definition) is 1. The minimum absolute atomic E-state index is 0.214. The molecule has 0 spiro atoms. The number of fused-ring (bicyclic) bond motifs is 4. The van der Waals surface area contributed by atoms with Gasteiger partial charge in [-0.1, -0.05) is 160 Å². The van der Waals surface area contributed by atoms with E-state index in [2.05, 4.69) is 212 Å². The molecule has 0 fully saturated rings. The van der Waals surface area contributed by atoms with E-state index < -0.39 is 0 Å². The molecular weight excluding hydrogens is 767 g/mol. The van der Waals surface area contributed by atoms with Gasteiger partial charge in [-0.3, -0.25) is 5.01 Å². The van der Waals surface area contributed by atoms with Crippen LogP contribution >= 0.6 is 0 Å². The lowest BCUT2D eigenvalue weighted by atomic mass is 9.82. The third-order valence-electron chi connectivity index (χ3n) is 13.0. The number of hydrazone groups is 1. The molecule has 1 unspecified atom stereocenters. The predicted molar refractivity (Wildman–Crippen MR) is 268 cm³/mol. The van der Waals surface area contributed by atoms with E-state index >= 15 is 0 Å². The number of rotatable bonds is 11. The maximum Gasteiger partial charge on any atom is 0.106 e. The van der Waals surface area contributed by atoms with Gasteiger partial charge in [0.05, 0.1) is 28.8 Å². The van der Waals surface area contributed by atoms with Crippen molar-refractivity contribution in [3.63, 3.8) is 0 Å². The van der Waals surface area contributed by atoms with Crippen molar-refractivity contribution in [3.8, 4) is 11.1 Å². The largest absolute Gasteiger partial charge is 0.388 e. The lowest BCUT2D eigenvalue weighted by Crippen LogP contribution is -2.41. The molecule has 1 atom stereocenters. The minimum Gasteiger partial charge on any atom is -0.388 e. The molecule has 5 aromatic carbocycles. The Bertz CT molecular complexity index is 2990. The monoisotopic (exact) mass is 823 g/mol. The van der Waals surface area contributed by atoms with E-state index in [0.29, 0.717) is 6.54 Å². The van der Waals surface area contributed by atoms with Gasteiger partial charge in [0.25, 0.3) is 0 Å². The Morgan fingerprint density at radius 2 is 1.62 bits per heavy atom. The molecular formula is C58H57N5. The molecule has 3 aliphatic carbocycles. The van der Waals surface area contributed by atoms with E-state index in [-0.39, 0.29) is 11.3 Å². The summed E-state index contributed by atoms with van der Waals surface area (Å²) in [5, 5.41) is 12.4. The summed E-state index contributed by atoms with van der Waals surface area (Å²) >= 11 is 0. The van der Waals surface area contributed by atoms with Crippen LogP contribution in [0.25, 0.3) is 39.3 Å². The number of aromatic nitrogens is 1. The van der Waals surface area contributed by atoms with Crippen molar-refractivity contribution in [2.24, 2.45) is 16.8 Å². The zero-order valence-corrected chi connectivity index (χ0v) is 37.0. The fourth-order valence-corrected chi connectivity index (χ4v) is 10.1. The van der Waals surface area contributed by atoms with Gasteiger partial charge in [-0.25, -0.2) is 9.69 Å². The first kappa shape index (κ1) is 41.3. The van der Waals surface area contributed by atoms with Crippen molar-refractivity contribution in [1.29, 1.82) is 0 Å². The Labute approximate surface area is 372 Å². The van der Waals surface area contributed by atoms with Crippen LogP contribution < -0.4 is 21.3 Å². The van der Waals surface area contributed by atoms with Crippen LogP contribution in [0.4, 0.5) is 11.4 Å². The van der Waals surface area contributed by atoms with E-state index in [4.69, 9.17) is 5.73 Å². The van der Waals surface area contributed by atoms with Gasteiger partial charge in [0.2, 0.25) is 0 Å². The van der Waals surface area contributed by atoms with Gasteiger partial charge in [0, 0.05) is 29.0 Å². The van der Waals surface area contributed by atoms with Crippen LogP contribution in [0.15, 0.2) is 193 Å². The maximum absolute atomic E-state index is 5.68. The van der Waals surface area contributed by atoms with Crippen LogP contribution in [0.5, 0.6) is 0 Å². The van der Waals surface area contributed by atoms with Gasteiger partial charge >= 0.3 is 0 Å². The predicted octanol–water partition coefficient (Wildman–Crippen LogP) is 12.1. The first-order chi connectivity index (χ1) is 30.8. The van der Waals surface area contributed by atoms with E-state index in [1.807, 2.05) is 18.1 Å². The third kappa shape index (κ3) is 7.96. The number of benzene rings is 5. The fraction of sp³-hybridized carbons (Fsp3) is 0.190. The van der Waals surface area contributed by atoms with E-state index in [1.54, 1.807) is 0 Å². The van der Waals surface area contributed by atoms with Gasteiger partial charge in [0.1, 0.15) is 6.34 Å². The van der Waals surface area contributed by atoms with Crippen LogP contribution in [0.3, 0.4) is 0 Å². The second kappa shape index (κ2) is 17.7. The topological polar surface area (TPSA) is 49.8 Å². The number of anilines is 2. The second-order valence-corrected chi connectivity index (χ2v) is 17.4. The average Bonchev–Trinajstić information content (AvgIpc) is 3.46. The molecule has 0 radical (unpaired) electrons. The SMILES string of the molecule is C=C/C=C1\C(=C/C)C(C)(C)c2cc(N(c3ccc(CN(C)/N=C\N)cc3)n3c4c(c5ccc(-c6ccccc6)cc53)=CC(Cc3ccccc3)=CCC=4C3C=CC=CCC3)ccc21. The summed E-state index contributed by atoms with van der Waals surface area (Å²) in [6.07, 6.45) is 25.7. The van der Waals surface area contributed by atoms with Gasteiger partial charge in [0.15, 0.2) is 0 Å². The Balaban J connectivity index is 1.38. The van der Waals surface area contributed by atoms with Crippen molar-refractivity contribution >= 4 is 45.8 Å². The Kier molecular flexibility index (Phi) is 11.6. The van der Waals surface area contributed by atoms with Gasteiger partial charge in [-0.15, -0.1) is 0 Å². The Hall–Kier alpha value is -7.11. The normalized spacial score (nSPS) is 17.9. The standard InChI is InChI=1S/C58H57N5/c1-6-18-50-51-34-31-48(38-55(51)58(3,4)54(50)7-2)62(47-29-25-42(26-30-47)39-61(5)60-40-59)63-56-37-46(44-21-16-11-17-22-44)28-33-52(56)53-36-43(35-41-19-12-10-13-20-41)27-32-49(57(53)63)45-23-14-8-9-15-24-45/h6-14,16-23,25-31,33-34,36-38,40,45H,1,15,24,32,35,39H2,2-5H3,(H2,59,60)/b50-18-,54-7+. The second-order valence-electron chi connectivity index (χ2n) is 17.4. The molecule has 63 heavy (non-hydrogen) atoms. The summed E-state index contributed by atoms with van der Waals surface area (Å²) in [4.78, 5) is 0. The molecule has 1 aromatic heterocycles. The average molecular weight is 824 g/mol. The molecule has 1 heterocycles. The molecule has 0 bridgehead atoms. The molecule has 0 amide bonds. The summed E-state index contributed by atoms with van der Waals surface area (Å²) in [5.74, 6) is 0.252. The summed E-state index contributed by atoms with van der Waals surface area (Å²) in [6.45, 7) is 11.6. The maximum atomic E-state index is 5.68. The van der Waals surface area contributed by atoms with Crippen LogP contribution in [-0.2, 0) is 18.4 Å². The molecule has 6 aromatic rings. The van der Waals surface area contributed by atoms with Crippen molar-refractivity contribution < 1.29 is 0 Å². The van der Waals surface area contributed by atoms with Crippen LogP contribution in [0.2, 0.25) is 0 Å². The van der Waals surface area contributed by atoms with Gasteiger partial charge in [-0.2, -0.15) is 5.10 Å². The van der Waals surface area contributed by atoms with Crippen LogP contribution in [0.1, 0.15) is 62.3 Å². The van der Waals surface area contributed by atoms with E-state index in [1.165, 1.54) is 72.4 Å². The molecule has 5 heteroatoms. The fourth-order valence-electron chi connectivity index (χ4n) is 10.1. The molecule has 5 nitrogen and oxygen atoms in total. The zero-order chi connectivity index (χ0) is 43.5. The highest BCUT2D eigenvalue weighted by molar-refractivity contribution is 5.93. The van der Waals surface area contributed by atoms with Crippen molar-refractivity contribution in [1.82, 2.24) is 9.69 Å². The molecule has 2 N–H and O–H groups in total. The summed E-state index contributed by atoms with van der Waals surface area (Å²) in [5.41, 5.74) is 21.5. The molecule has 0 aliphatic heterocycles. The summed E-state index contributed by atoms with van der Waals surface area (Å²) in [6, 6.07) is 44.8. The van der Waals surface area contributed by atoms with Crippen LogP contribution in [-0.4, -0.2) is 23.1 Å². The number of allylic oxidation sites excluding steroid dienone is 11. The lowest BCUT2D eigenvalue weighted by Gasteiger charge is -2.31. The van der Waals surface area contributed by atoms with E-state index in [0.717, 1.165) is 48.1 Å². The third-order valence-corrected chi connectivity index (χ3v) is 13.0. The van der Waals surface area contributed by atoms with Crippen molar-refractivity contribution in [3.05, 3.63) is 220 Å². The minimum atomic E-state index is -0.214. The molecule has 0 saturated heterocycles. The first-order valence-electron chi connectivity index (χ1n) is 22.3. The highest BCUT2D eigenvalue weighted by atomic mass is 15.6. The molecule has 9 rings (SSSR count). The quantitative estimate of drug-likeness (QED) is 0.0804. The highest BCUT2D eigenvalue weighted by Crippen LogP contribution is 2.51. The molecule has 314 valence electrons. The van der Waals surface area contributed by atoms with E-state index in [9.17, 15) is 0 Å². The number of hydrogen-bond acceptors (Lipinski definition) is 3. The smallest absolute Gasteiger partial charge is 0.106 e. The van der Waals surface area contributed by atoms with Crippen LogP contribution in [0, 0.1) is 5.92 Å². The van der Waals surface area contributed by atoms with Gasteiger partial charge in [-0.05, 0) is 125 Å². The van der Waals surface area contributed by atoms with Crippen molar-refractivity contribution in [2.45, 2.75) is 58.4 Å². The zero-order valence-electron chi connectivity index (χ0n) is 37.0.